The zero-order valence-electron chi connectivity index (χ0n) is 10.9. The maximum Gasteiger partial charge on any atom is 0.229 e. The van der Waals surface area contributed by atoms with Crippen molar-refractivity contribution in [3.8, 4) is 0 Å². The average molecular weight is 212 g/mol. The Bertz CT molecular complexity index is 293. The normalized spacial score (nSPS) is 11.7. The molecule has 0 aliphatic rings. The zero-order valence-corrected chi connectivity index (χ0v) is 10.9. The summed E-state index contributed by atoms with van der Waals surface area (Å²) in [5.41, 5.74) is 1.15. The molecule has 0 aliphatic carbocycles. The van der Waals surface area contributed by atoms with Crippen molar-refractivity contribution in [2.45, 2.75) is 39.3 Å². The average Bonchev–Trinajstić information content (AvgIpc) is 2.67. The third kappa shape index (κ3) is 5.00. The van der Waals surface area contributed by atoms with Crippen molar-refractivity contribution in [3.05, 3.63) is 6.20 Å². The molecule has 0 N–H and O–H groups in total. The highest BCUT2D eigenvalue weighted by atomic mass is 15.4. The van der Waals surface area contributed by atoms with E-state index in [1.165, 1.54) is 27.1 Å². The predicted molar refractivity (Wildman–Crippen MR) is 81.0 cm³/mol. The number of rotatable bonds is 8. The highest BCUT2D eigenvalue weighted by molar-refractivity contribution is 7.32. The molecule has 1 heterocycles. The van der Waals surface area contributed by atoms with Gasteiger partial charge in [-0.05, 0) is 0 Å². The van der Waals surface area contributed by atoms with Gasteiger partial charge in [-0.25, -0.2) is 0 Å². The van der Waals surface area contributed by atoms with Crippen LogP contribution in [0.3, 0.4) is 0 Å². The SMILES string of the molecule is CBBn1cc(BBBC(C)CCC)nn1. The molecule has 0 aromatic carbocycles. The second-order valence-electron chi connectivity index (χ2n) is 4.76. The molecule has 16 heavy (non-hydrogen) atoms. The van der Waals surface area contributed by atoms with Gasteiger partial charge >= 0.3 is 0 Å². The predicted octanol–water partition coefficient (Wildman–Crippen LogP) is -1.75. The molecule has 0 fully saturated rings. The van der Waals surface area contributed by atoms with Crippen LogP contribution in [0.15, 0.2) is 6.20 Å². The van der Waals surface area contributed by atoms with Gasteiger partial charge in [-0.2, -0.15) is 0 Å². The molecule has 1 aromatic heterocycles. The van der Waals surface area contributed by atoms with Gasteiger partial charge in [-0.3, -0.25) is 0 Å². The zero-order chi connectivity index (χ0) is 11.8. The van der Waals surface area contributed by atoms with Crippen molar-refractivity contribution >= 4 is 41.5 Å². The fourth-order valence-electron chi connectivity index (χ4n) is 2.06. The molecule has 3 nitrogen and oxygen atoms in total. The number of aromatic nitrogens is 3. The highest BCUT2D eigenvalue weighted by Gasteiger charge is 2.07. The van der Waals surface area contributed by atoms with E-state index in [0.717, 1.165) is 33.1 Å². The largest absolute Gasteiger partial charge is 0.312 e. The van der Waals surface area contributed by atoms with Crippen LogP contribution in [-0.4, -0.2) is 50.8 Å². The molecule has 0 saturated heterocycles. The van der Waals surface area contributed by atoms with Crippen LogP contribution in [0.25, 0.3) is 0 Å². The molecular formula is C8H20B5N3. The summed E-state index contributed by atoms with van der Waals surface area (Å²) in [7, 11) is 5.74. The molecule has 0 bridgehead atoms. The Kier molecular flexibility index (Phi) is 6.50. The Morgan fingerprint density at radius 3 is 3.00 bits per heavy atom. The fraction of sp³-hybridized carbons (Fsp3) is 0.750. The van der Waals surface area contributed by atoms with Gasteiger partial charge in [0, 0.05) is 11.8 Å². The minimum absolute atomic E-state index is 0.857. The topological polar surface area (TPSA) is 30.7 Å². The van der Waals surface area contributed by atoms with Crippen molar-refractivity contribution in [3.63, 3.8) is 0 Å². The summed E-state index contributed by atoms with van der Waals surface area (Å²) in [5.74, 6) is 0.857. The minimum Gasteiger partial charge on any atom is -0.312 e. The Hall–Kier alpha value is -0.535. The highest BCUT2D eigenvalue weighted by Crippen LogP contribution is 2.08. The molecule has 82 valence electrons. The summed E-state index contributed by atoms with van der Waals surface area (Å²) in [6.45, 7) is 6.76. The third-order valence-corrected chi connectivity index (χ3v) is 2.95. The first-order chi connectivity index (χ1) is 7.76. The van der Waals surface area contributed by atoms with Crippen molar-refractivity contribution in [1.82, 2.24) is 14.9 Å². The maximum absolute atomic E-state index is 4.19. The van der Waals surface area contributed by atoms with E-state index in [4.69, 9.17) is 0 Å². The minimum atomic E-state index is 0.857. The van der Waals surface area contributed by atoms with Crippen LogP contribution >= 0.6 is 0 Å². The van der Waals surface area contributed by atoms with E-state index in [1.54, 1.807) is 0 Å². The van der Waals surface area contributed by atoms with Crippen molar-refractivity contribution < 1.29 is 0 Å². The van der Waals surface area contributed by atoms with Crippen LogP contribution < -0.4 is 5.59 Å². The van der Waals surface area contributed by atoms with Gasteiger partial charge in [0.05, 0.1) is 14.2 Å². The van der Waals surface area contributed by atoms with Gasteiger partial charge in [0.2, 0.25) is 7.31 Å². The van der Waals surface area contributed by atoms with Crippen LogP contribution in [0.5, 0.6) is 0 Å². The van der Waals surface area contributed by atoms with E-state index < -0.39 is 0 Å². The lowest BCUT2D eigenvalue weighted by Crippen LogP contribution is -2.27. The van der Waals surface area contributed by atoms with E-state index in [2.05, 4.69) is 37.2 Å². The molecular weight excluding hydrogens is 192 g/mol. The Morgan fingerprint density at radius 2 is 2.31 bits per heavy atom. The summed E-state index contributed by atoms with van der Waals surface area (Å²) in [6.07, 6.45) is 4.74. The number of nitrogens with zero attached hydrogens (tertiary/aromatic N) is 3. The smallest absolute Gasteiger partial charge is 0.229 e. The molecule has 0 radical (unpaired) electrons. The van der Waals surface area contributed by atoms with Crippen LogP contribution in [0.2, 0.25) is 12.6 Å². The lowest BCUT2D eigenvalue weighted by atomic mass is 9.16. The summed E-state index contributed by atoms with van der Waals surface area (Å²) >= 11 is 0. The van der Waals surface area contributed by atoms with E-state index in [-0.39, 0.29) is 0 Å². The Balaban J connectivity index is 2.21. The number of hydrogen-bond acceptors (Lipinski definition) is 2. The molecule has 0 spiro atoms. The van der Waals surface area contributed by atoms with Gasteiger partial charge in [-0.15, -0.1) is 5.10 Å². The fourth-order valence-corrected chi connectivity index (χ4v) is 2.06. The molecule has 1 rings (SSSR count). The summed E-state index contributed by atoms with van der Waals surface area (Å²) in [5, 5.41) is 8.30. The summed E-state index contributed by atoms with van der Waals surface area (Å²) < 4.78 is 1.95. The van der Waals surface area contributed by atoms with Crippen LogP contribution in [0.4, 0.5) is 0 Å². The molecule has 8 heteroatoms. The monoisotopic (exact) mass is 213 g/mol. The molecule has 0 amide bonds. The maximum atomic E-state index is 4.19. The summed E-state index contributed by atoms with van der Waals surface area (Å²) in [6, 6.07) is 0. The lowest BCUT2D eigenvalue weighted by molar-refractivity contribution is 0.767. The quantitative estimate of drug-likeness (QED) is 0.479. The molecule has 0 aliphatic heterocycles. The first kappa shape index (κ1) is 13.5. The summed E-state index contributed by atoms with van der Waals surface area (Å²) in [4.78, 5) is 0. The van der Waals surface area contributed by atoms with Gasteiger partial charge in [0.25, 0.3) is 0 Å². The van der Waals surface area contributed by atoms with E-state index in [1.807, 2.05) is 4.59 Å². The van der Waals surface area contributed by atoms with Crippen molar-refractivity contribution in [2.24, 2.45) is 0 Å². The first-order valence-electron chi connectivity index (χ1n) is 6.65. The van der Waals surface area contributed by atoms with Gasteiger partial charge in [0.1, 0.15) is 14.3 Å². The lowest BCUT2D eigenvalue weighted by Gasteiger charge is -2.05. The number of hydrogen-bond donors (Lipinski definition) is 0. The molecule has 0 saturated carbocycles. The van der Waals surface area contributed by atoms with Gasteiger partial charge in [-0.1, -0.05) is 44.5 Å². The second kappa shape index (κ2) is 7.69. The van der Waals surface area contributed by atoms with Crippen LogP contribution in [-0.2, 0) is 0 Å². The van der Waals surface area contributed by atoms with Crippen molar-refractivity contribution in [1.29, 1.82) is 0 Å². The van der Waals surface area contributed by atoms with Gasteiger partial charge < -0.3 is 4.59 Å². The van der Waals surface area contributed by atoms with Crippen molar-refractivity contribution in [2.75, 3.05) is 0 Å². The molecule has 1 unspecified atom stereocenters. The van der Waals surface area contributed by atoms with Crippen LogP contribution in [0, 0.1) is 0 Å². The second-order valence-corrected chi connectivity index (χ2v) is 4.76. The third-order valence-electron chi connectivity index (χ3n) is 2.95. The molecule has 1 atom stereocenters. The van der Waals surface area contributed by atoms with E-state index >= 15 is 0 Å². The van der Waals surface area contributed by atoms with E-state index in [9.17, 15) is 0 Å². The van der Waals surface area contributed by atoms with Gasteiger partial charge in [0.15, 0.2) is 0 Å². The Morgan fingerprint density at radius 1 is 1.50 bits per heavy atom. The Labute approximate surface area is 102 Å². The standard InChI is InChI=1S/C8H20B5N3/c1-4-5-7(2)10-12-11-8-6-16(13-9-3)15-14-8/h6-7,9-13H,4-5H2,1-3H3. The van der Waals surface area contributed by atoms with E-state index in [0.29, 0.717) is 0 Å². The molecule has 1 aromatic rings. The first-order valence-corrected chi connectivity index (χ1v) is 6.65. The van der Waals surface area contributed by atoms with Crippen LogP contribution in [0.1, 0.15) is 26.7 Å².